The summed E-state index contributed by atoms with van der Waals surface area (Å²) < 4.78 is 5.21. The molecule has 0 N–H and O–H groups in total. The fourth-order valence-corrected chi connectivity index (χ4v) is 3.49. The number of non-ortho nitro benzene ring substituents is 1. The minimum absolute atomic E-state index is 0.0691. The van der Waals surface area contributed by atoms with Gasteiger partial charge in [-0.15, -0.1) is 0 Å². The first-order valence-corrected chi connectivity index (χ1v) is 8.54. The predicted molar refractivity (Wildman–Crippen MR) is 92.7 cm³/mol. The van der Waals surface area contributed by atoms with Gasteiger partial charge in [0.25, 0.3) is 11.6 Å². The minimum Gasteiger partial charge on any atom is -0.422 e. The molecule has 1 fully saturated rings. The maximum atomic E-state index is 12.9. The standard InChI is InChI=1S/C18H20N2O5/c1-2-19(13-6-4-3-5-7-13)17(21)15-11-12-10-14(20(23)24)8-9-16(12)25-18(15)22/h8-11,13H,2-7H2,1H3. The maximum absolute atomic E-state index is 12.9. The van der Waals surface area contributed by atoms with Crippen LogP contribution in [0.25, 0.3) is 11.0 Å². The third-order valence-electron chi connectivity index (χ3n) is 4.77. The van der Waals surface area contributed by atoms with Crippen LogP contribution in [0, 0.1) is 10.1 Å². The van der Waals surface area contributed by atoms with Gasteiger partial charge < -0.3 is 9.32 Å². The van der Waals surface area contributed by atoms with Crippen molar-refractivity contribution in [2.45, 2.75) is 45.1 Å². The lowest BCUT2D eigenvalue weighted by atomic mass is 9.93. The molecule has 0 bridgehead atoms. The van der Waals surface area contributed by atoms with E-state index in [4.69, 9.17) is 4.42 Å². The first kappa shape index (κ1) is 17.1. The summed E-state index contributed by atoms with van der Waals surface area (Å²) in [5.41, 5.74) is -0.659. The number of rotatable bonds is 4. The smallest absolute Gasteiger partial charge is 0.349 e. The molecule has 1 amide bonds. The number of nitrogens with zero attached hydrogens (tertiary/aromatic N) is 2. The van der Waals surface area contributed by atoms with E-state index in [9.17, 15) is 19.7 Å². The van der Waals surface area contributed by atoms with Gasteiger partial charge in [0.1, 0.15) is 11.1 Å². The molecule has 0 spiro atoms. The van der Waals surface area contributed by atoms with E-state index in [2.05, 4.69) is 0 Å². The molecule has 1 aromatic heterocycles. The number of fused-ring (bicyclic) bond motifs is 1. The lowest BCUT2D eigenvalue weighted by Gasteiger charge is -2.33. The van der Waals surface area contributed by atoms with Crippen LogP contribution >= 0.6 is 0 Å². The molecule has 0 unspecified atom stereocenters. The van der Waals surface area contributed by atoms with Crippen LogP contribution < -0.4 is 5.63 Å². The highest BCUT2D eigenvalue weighted by atomic mass is 16.6. The predicted octanol–water partition coefficient (Wildman–Crippen LogP) is 3.50. The molecular weight excluding hydrogens is 324 g/mol. The second-order valence-electron chi connectivity index (χ2n) is 6.31. The van der Waals surface area contributed by atoms with Crippen LogP contribution in [-0.2, 0) is 0 Å². The summed E-state index contributed by atoms with van der Waals surface area (Å²) in [6.45, 7) is 2.40. The first-order chi connectivity index (χ1) is 12.0. The number of nitro groups is 1. The summed E-state index contributed by atoms with van der Waals surface area (Å²) >= 11 is 0. The fraction of sp³-hybridized carbons (Fsp3) is 0.444. The molecule has 0 aliphatic heterocycles. The molecule has 1 heterocycles. The van der Waals surface area contributed by atoms with E-state index in [1.165, 1.54) is 30.7 Å². The highest BCUT2D eigenvalue weighted by molar-refractivity contribution is 5.97. The summed E-state index contributed by atoms with van der Waals surface area (Å²) in [4.78, 5) is 37.3. The summed E-state index contributed by atoms with van der Waals surface area (Å²) in [6.07, 6.45) is 5.19. The Labute approximate surface area is 144 Å². The Balaban J connectivity index is 2.00. The van der Waals surface area contributed by atoms with Crippen molar-refractivity contribution in [2.24, 2.45) is 0 Å². The lowest BCUT2D eigenvalue weighted by molar-refractivity contribution is -0.384. The third kappa shape index (κ3) is 3.40. The first-order valence-electron chi connectivity index (χ1n) is 8.54. The van der Waals surface area contributed by atoms with Crippen LogP contribution in [0.4, 0.5) is 5.69 Å². The zero-order chi connectivity index (χ0) is 18.0. The van der Waals surface area contributed by atoms with E-state index in [-0.39, 0.29) is 28.8 Å². The zero-order valence-corrected chi connectivity index (χ0v) is 14.1. The van der Waals surface area contributed by atoms with E-state index >= 15 is 0 Å². The summed E-state index contributed by atoms with van der Waals surface area (Å²) in [5, 5.41) is 11.3. The zero-order valence-electron chi connectivity index (χ0n) is 14.1. The molecule has 1 saturated carbocycles. The average Bonchev–Trinajstić information content (AvgIpc) is 2.62. The molecule has 0 radical (unpaired) electrons. The Kier molecular flexibility index (Phi) is 4.83. The molecule has 3 rings (SSSR count). The molecule has 0 atom stereocenters. The second kappa shape index (κ2) is 7.04. The average molecular weight is 344 g/mol. The Morgan fingerprint density at radius 2 is 2.00 bits per heavy atom. The van der Waals surface area contributed by atoms with Crippen LogP contribution in [-0.4, -0.2) is 28.3 Å². The normalized spacial score (nSPS) is 15.2. The van der Waals surface area contributed by atoms with E-state index in [1.54, 1.807) is 4.90 Å². The van der Waals surface area contributed by atoms with Crippen molar-refractivity contribution in [3.8, 4) is 0 Å². The van der Waals surface area contributed by atoms with Gasteiger partial charge in [-0.25, -0.2) is 4.79 Å². The topological polar surface area (TPSA) is 93.7 Å². The number of hydrogen-bond donors (Lipinski definition) is 0. The van der Waals surface area contributed by atoms with E-state index in [1.807, 2.05) is 6.92 Å². The monoisotopic (exact) mass is 344 g/mol. The molecule has 1 aliphatic rings. The van der Waals surface area contributed by atoms with Crippen molar-refractivity contribution in [3.05, 3.63) is 50.4 Å². The highest BCUT2D eigenvalue weighted by Gasteiger charge is 2.27. The second-order valence-corrected chi connectivity index (χ2v) is 6.31. The van der Waals surface area contributed by atoms with Gasteiger partial charge in [0.2, 0.25) is 0 Å². The quantitative estimate of drug-likeness (QED) is 0.481. The number of benzene rings is 1. The van der Waals surface area contributed by atoms with Crippen molar-refractivity contribution in [2.75, 3.05) is 6.54 Å². The molecule has 2 aromatic rings. The number of carbonyl (C=O) groups is 1. The van der Waals surface area contributed by atoms with Crippen molar-refractivity contribution >= 4 is 22.6 Å². The fourth-order valence-electron chi connectivity index (χ4n) is 3.49. The van der Waals surface area contributed by atoms with Crippen LogP contribution in [0.5, 0.6) is 0 Å². The van der Waals surface area contributed by atoms with Gasteiger partial charge in [0.05, 0.1) is 4.92 Å². The Hall–Kier alpha value is -2.70. The number of hydrogen-bond acceptors (Lipinski definition) is 5. The van der Waals surface area contributed by atoms with Crippen molar-refractivity contribution in [1.82, 2.24) is 4.90 Å². The van der Waals surface area contributed by atoms with Gasteiger partial charge in [-0.1, -0.05) is 19.3 Å². The number of carbonyl (C=O) groups excluding carboxylic acids is 1. The molecule has 1 aliphatic carbocycles. The van der Waals surface area contributed by atoms with E-state index < -0.39 is 10.5 Å². The van der Waals surface area contributed by atoms with Crippen molar-refractivity contribution < 1.29 is 14.1 Å². The van der Waals surface area contributed by atoms with E-state index in [0.717, 1.165) is 25.7 Å². The molecule has 0 saturated heterocycles. The maximum Gasteiger partial charge on any atom is 0.349 e. The number of nitro benzene ring substituents is 1. The molecule has 25 heavy (non-hydrogen) atoms. The molecule has 7 heteroatoms. The Morgan fingerprint density at radius 1 is 1.28 bits per heavy atom. The van der Waals surface area contributed by atoms with Gasteiger partial charge in [0.15, 0.2) is 0 Å². The highest BCUT2D eigenvalue weighted by Crippen LogP contribution is 2.25. The van der Waals surface area contributed by atoms with Gasteiger partial charge in [-0.2, -0.15) is 0 Å². The van der Waals surface area contributed by atoms with Gasteiger partial charge in [-0.05, 0) is 31.9 Å². The molecule has 1 aromatic carbocycles. The Bertz CT molecular complexity index is 867. The van der Waals surface area contributed by atoms with Crippen LogP contribution in [0.1, 0.15) is 49.4 Å². The van der Waals surface area contributed by atoms with Crippen LogP contribution in [0.3, 0.4) is 0 Å². The van der Waals surface area contributed by atoms with Crippen molar-refractivity contribution in [3.63, 3.8) is 0 Å². The molecule has 132 valence electrons. The third-order valence-corrected chi connectivity index (χ3v) is 4.77. The van der Waals surface area contributed by atoms with Crippen LogP contribution in [0.2, 0.25) is 0 Å². The van der Waals surface area contributed by atoms with Gasteiger partial charge in [0, 0.05) is 30.1 Å². The van der Waals surface area contributed by atoms with E-state index in [0.29, 0.717) is 11.9 Å². The molecular formula is C18H20N2O5. The summed E-state index contributed by atoms with van der Waals surface area (Å²) in [6, 6.07) is 5.49. The minimum atomic E-state index is -0.708. The summed E-state index contributed by atoms with van der Waals surface area (Å²) in [7, 11) is 0. The van der Waals surface area contributed by atoms with Crippen molar-refractivity contribution in [1.29, 1.82) is 0 Å². The van der Waals surface area contributed by atoms with Gasteiger partial charge in [-0.3, -0.25) is 14.9 Å². The molecule has 7 nitrogen and oxygen atoms in total. The SMILES string of the molecule is CCN(C(=O)c1cc2cc([N+](=O)[O-])ccc2oc1=O)C1CCCCC1. The lowest BCUT2D eigenvalue weighted by Crippen LogP contribution is -2.42. The Morgan fingerprint density at radius 3 is 2.64 bits per heavy atom. The summed E-state index contributed by atoms with van der Waals surface area (Å²) in [5.74, 6) is -0.364. The largest absolute Gasteiger partial charge is 0.422 e. The van der Waals surface area contributed by atoms with Crippen LogP contribution in [0.15, 0.2) is 33.5 Å². The van der Waals surface area contributed by atoms with Gasteiger partial charge >= 0.3 is 5.63 Å². The number of amides is 1.